The van der Waals surface area contributed by atoms with Gasteiger partial charge in [0.2, 0.25) is 0 Å². The molecule has 0 spiro atoms. The number of hydrogen-bond donors (Lipinski definition) is 2. The minimum atomic E-state index is -1.05. The van der Waals surface area contributed by atoms with Crippen LogP contribution in [0.5, 0.6) is 0 Å². The summed E-state index contributed by atoms with van der Waals surface area (Å²) in [7, 11) is 8.70. The number of rotatable bonds is 20. The highest BCUT2D eigenvalue weighted by molar-refractivity contribution is 6.26. The van der Waals surface area contributed by atoms with Gasteiger partial charge in [-0.05, 0) is 147 Å². The highest BCUT2D eigenvalue weighted by Gasteiger charge is 2.37. The summed E-state index contributed by atoms with van der Waals surface area (Å²) in [6.07, 6.45) is 0. The first kappa shape index (κ1) is 79.1. The lowest BCUT2D eigenvalue weighted by Crippen LogP contribution is -2.12. The molecule has 0 radical (unpaired) electrons. The number of aromatic nitrogens is 4. The maximum Gasteiger partial charge on any atom is 0.338 e. The summed E-state index contributed by atoms with van der Waals surface area (Å²) in [4.78, 5) is 194. The van der Waals surface area contributed by atoms with Crippen LogP contribution in [-0.4, -0.2) is 175 Å². The van der Waals surface area contributed by atoms with E-state index in [-0.39, 0.29) is 226 Å². The van der Waals surface area contributed by atoms with Crippen LogP contribution in [0.15, 0.2) is 146 Å². The quantitative estimate of drug-likeness (QED) is 0.0528. The molecule has 2 N–H and O–H groups in total. The molecule has 13 rings (SSSR count). The smallest absolute Gasteiger partial charge is 0.338 e. The van der Waals surface area contributed by atoms with Crippen LogP contribution < -0.4 is 0 Å². The molecule has 8 bridgehead atoms. The average molecular weight is 1570 g/mol. The molecule has 4 heterocycles. The minimum absolute atomic E-state index is 0.00924. The molecule has 3 aliphatic rings. The third-order valence-electron chi connectivity index (χ3n) is 19.5. The Morgan fingerprint density at radius 2 is 0.431 bits per heavy atom. The van der Waals surface area contributed by atoms with E-state index in [9.17, 15) is 57.5 Å². The third kappa shape index (κ3) is 14.0. The van der Waals surface area contributed by atoms with Crippen molar-refractivity contribution in [1.82, 2.24) is 19.9 Å². The van der Waals surface area contributed by atoms with Crippen LogP contribution in [-0.2, 0) is 56.8 Å². The van der Waals surface area contributed by atoms with Crippen molar-refractivity contribution in [2.24, 2.45) is 0 Å². The Balaban J connectivity index is 1.51. The fourth-order valence-electron chi connectivity index (χ4n) is 14.4. The highest BCUT2D eigenvalue weighted by atomic mass is 16.6. The Morgan fingerprint density at radius 1 is 0.250 bits per heavy atom. The van der Waals surface area contributed by atoms with Crippen LogP contribution in [0.1, 0.15) is 152 Å². The first-order chi connectivity index (χ1) is 56.0. The van der Waals surface area contributed by atoms with Crippen molar-refractivity contribution in [3.8, 4) is 89.5 Å². The van der Waals surface area contributed by atoms with Gasteiger partial charge < -0.3 is 66.8 Å². The molecule has 10 aromatic rings. The lowest BCUT2D eigenvalue weighted by atomic mass is 9.89. The third-order valence-corrected chi connectivity index (χ3v) is 19.5. The molecule has 28 heteroatoms. The molecule has 2 aromatic heterocycles. The SMILES string of the molecule is CCOC(=O)c1cccc(-c2c3nc(c(-c4cccc(C(=O)OCC)c4)c4[nH]c(c(-c5cccc(C(=O)OCC)c5)c5nc(c(-c6cccc(C(=O)OCC)c6)c6[nH]c2c2cc(C(=O)OC)c(C(=O)OC)cc62)-c2cc(C(=O)OC)c(C(=O)OC)cc2-5)c2cc(C(=O)OC)c(C(=O)OC)cc42)-c2cc(C(=O)OC)c(C(=O)OC)cc2-3)c1. The van der Waals surface area contributed by atoms with Crippen molar-refractivity contribution < 1.29 is 114 Å². The molecular formula is C88H70N4O24. The number of H-pyrrole nitrogens is 2. The van der Waals surface area contributed by atoms with Gasteiger partial charge >= 0.3 is 71.6 Å². The summed E-state index contributed by atoms with van der Waals surface area (Å²) in [5.41, 5.74) is -3.31. The van der Waals surface area contributed by atoms with Gasteiger partial charge in [-0.3, -0.25) is 0 Å². The lowest BCUT2D eigenvalue weighted by Gasteiger charge is -2.14. The van der Waals surface area contributed by atoms with Gasteiger partial charge in [-0.25, -0.2) is 67.5 Å². The largest absolute Gasteiger partial charge is 0.465 e. The van der Waals surface area contributed by atoms with E-state index in [4.69, 9.17) is 66.8 Å². The second-order valence-electron chi connectivity index (χ2n) is 25.8. The zero-order valence-electron chi connectivity index (χ0n) is 64.4. The lowest BCUT2D eigenvalue weighted by molar-refractivity contribution is 0.0517. The van der Waals surface area contributed by atoms with Crippen LogP contribution >= 0.6 is 0 Å². The van der Waals surface area contributed by atoms with Gasteiger partial charge in [0.15, 0.2) is 0 Å². The molecule has 0 amide bonds. The summed E-state index contributed by atoms with van der Waals surface area (Å²) in [6, 6.07) is 35.1. The van der Waals surface area contributed by atoms with E-state index >= 15 is 0 Å². The van der Waals surface area contributed by atoms with E-state index in [1.165, 1.54) is 97.1 Å². The van der Waals surface area contributed by atoms with Crippen molar-refractivity contribution in [2.75, 3.05) is 83.3 Å². The van der Waals surface area contributed by atoms with Crippen molar-refractivity contribution in [2.45, 2.75) is 27.7 Å². The van der Waals surface area contributed by atoms with Crippen LogP contribution in [0, 0.1) is 0 Å². The molecule has 586 valence electrons. The van der Waals surface area contributed by atoms with Gasteiger partial charge in [-0.15, -0.1) is 0 Å². The Hall–Kier alpha value is -15.0. The Morgan fingerprint density at radius 3 is 0.603 bits per heavy atom. The van der Waals surface area contributed by atoms with E-state index in [0.717, 1.165) is 56.9 Å². The molecule has 1 aliphatic carbocycles. The van der Waals surface area contributed by atoms with E-state index in [1.54, 1.807) is 76.2 Å². The number of methoxy groups -OCH3 is 8. The molecule has 0 saturated carbocycles. The number of nitrogens with zero attached hydrogens (tertiary/aromatic N) is 2. The number of carbonyl (C=O) groups excluding carboxylic acids is 12. The number of ether oxygens (including phenoxy) is 12. The van der Waals surface area contributed by atoms with Crippen LogP contribution in [0.25, 0.3) is 133 Å². The van der Waals surface area contributed by atoms with E-state index in [2.05, 4.69) is 9.97 Å². The zero-order valence-corrected chi connectivity index (χ0v) is 64.4. The van der Waals surface area contributed by atoms with E-state index < -0.39 is 71.6 Å². The Labute approximate surface area is 659 Å². The number of aromatic amines is 2. The predicted molar refractivity (Wildman–Crippen MR) is 421 cm³/mol. The van der Waals surface area contributed by atoms with Crippen molar-refractivity contribution in [3.63, 3.8) is 0 Å². The summed E-state index contributed by atoms with van der Waals surface area (Å²) in [6.45, 7) is 6.11. The molecule has 8 aromatic carbocycles. The summed E-state index contributed by atoms with van der Waals surface area (Å²) in [5, 5.41) is 0.148. The molecule has 0 unspecified atom stereocenters. The van der Waals surface area contributed by atoms with E-state index in [0.29, 0.717) is 0 Å². The van der Waals surface area contributed by atoms with Gasteiger partial charge in [0, 0.05) is 66.1 Å². The van der Waals surface area contributed by atoms with Crippen LogP contribution in [0.4, 0.5) is 0 Å². The van der Waals surface area contributed by atoms with Crippen LogP contribution in [0.2, 0.25) is 0 Å². The van der Waals surface area contributed by atoms with Gasteiger partial charge in [0.1, 0.15) is 0 Å². The topological polar surface area (TPSA) is 373 Å². The Bertz CT molecular complexity index is 5560. The molecule has 116 heavy (non-hydrogen) atoms. The van der Waals surface area contributed by atoms with Gasteiger partial charge in [0.05, 0.1) is 195 Å². The first-order valence-corrected chi connectivity index (χ1v) is 35.9. The van der Waals surface area contributed by atoms with Gasteiger partial charge in [-0.1, -0.05) is 48.5 Å². The maximum atomic E-state index is 14.7. The fraction of sp³-hybridized carbons (Fsp3) is 0.182. The molecule has 0 fully saturated rings. The van der Waals surface area contributed by atoms with Crippen molar-refractivity contribution in [1.29, 1.82) is 0 Å². The fourth-order valence-corrected chi connectivity index (χ4v) is 14.4. The normalized spacial score (nSPS) is 11.1. The predicted octanol–water partition coefficient (Wildman–Crippen LogP) is 15.0. The second-order valence-corrected chi connectivity index (χ2v) is 25.8. The molecule has 28 nitrogen and oxygen atoms in total. The first-order valence-electron chi connectivity index (χ1n) is 35.9. The average Bonchev–Trinajstić information content (AvgIpc) is 1.55. The zero-order chi connectivity index (χ0) is 82.8. The highest BCUT2D eigenvalue weighted by Crippen LogP contribution is 2.54. The van der Waals surface area contributed by atoms with Gasteiger partial charge in [-0.2, -0.15) is 0 Å². The minimum Gasteiger partial charge on any atom is -0.465 e. The number of carbonyl (C=O) groups is 12. The molecule has 0 atom stereocenters. The Kier molecular flexibility index (Phi) is 22.4. The van der Waals surface area contributed by atoms with Crippen molar-refractivity contribution in [3.05, 3.63) is 212 Å². The molecule has 0 saturated heterocycles. The summed E-state index contributed by atoms with van der Waals surface area (Å²) >= 11 is 0. The molecule has 2 aliphatic heterocycles. The van der Waals surface area contributed by atoms with Crippen LogP contribution in [0.3, 0.4) is 0 Å². The second kappa shape index (κ2) is 32.8. The monoisotopic (exact) mass is 1570 g/mol. The maximum absolute atomic E-state index is 14.7. The number of hydrogen-bond acceptors (Lipinski definition) is 26. The summed E-state index contributed by atoms with van der Waals surface area (Å²) < 4.78 is 66.0. The van der Waals surface area contributed by atoms with Gasteiger partial charge in [0.25, 0.3) is 0 Å². The number of nitrogens with one attached hydrogen (secondary N) is 2. The van der Waals surface area contributed by atoms with E-state index in [1.807, 2.05) is 0 Å². The summed E-state index contributed by atoms with van der Waals surface area (Å²) in [5.74, 6) is -11.6. The van der Waals surface area contributed by atoms with Crippen molar-refractivity contribution >= 4 is 115 Å². The standard InChI is InChI=1S/C88H70N4O24/c1-13-113-77(93)45-25-17-21-41(29-45)65-69-49-33-57(81(97)105-5)59(83(99)107-7)35-51(49)71(89-69)66(42-22-18-26-46(30-42)78(94)114-14-2)73-53-37-61(85(101)109-9)63(87(103)111-11)39-55(53)75(91-73)68(44-24-20-28-48(32-44)80(96)116-16-4)76-56-40-64(88(104)112-12)62(86(102)110-10)38-54(56)74(92-76)67(43-23-19-27-47(31-43)79(95)115-15-3)72-52-36-60(84(100)108-8)58(82(98)106-6)34-50(52)70(65)90-72/h17-40,89,92H,13-16H2,1-12H3. The number of esters is 12. The molecular weight excluding hydrogens is 1500 g/mol. The number of benzene rings is 8.